The van der Waals surface area contributed by atoms with Crippen LogP contribution in [0.25, 0.3) is 0 Å². The lowest BCUT2D eigenvalue weighted by Crippen LogP contribution is -2.33. The van der Waals surface area contributed by atoms with Gasteiger partial charge in [0.15, 0.2) is 0 Å². The van der Waals surface area contributed by atoms with E-state index in [0.29, 0.717) is 19.0 Å². The van der Waals surface area contributed by atoms with Gasteiger partial charge in [-0.2, -0.15) is 0 Å². The van der Waals surface area contributed by atoms with Crippen molar-refractivity contribution in [2.45, 2.75) is 19.8 Å². The van der Waals surface area contributed by atoms with E-state index in [1.807, 2.05) is 4.90 Å². The largest absolute Gasteiger partial charge is 0.431 e. The van der Waals surface area contributed by atoms with Crippen LogP contribution in [-0.4, -0.2) is 57.9 Å². The zero-order valence-electron chi connectivity index (χ0n) is 11.7. The molecule has 0 saturated heterocycles. The van der Waals surface area contributed by atoms with Gasteiger partial charge in [0.1, 0.15) is 0 Å². The molecule has 5 heteroatoms. The molecule has 0 fully saturated rings. The maximum atomic E-state index is 11.5. The van der Waals surface area contributed by atoms with Crippen molar-refractivity contribution in [3.8, 4) is 0 Å². The molecule has 0 aromatic rings. The third-order valence-electron chi connectivity index (χ3n) is 2.29. The fourth-order valence-corrected chi connectivity index (χ4v) is 1.54. The first kappa shape index (κ1) is 17.1. The first-order valence-electron chi connectivity index (χ1n) is 6.16. The summed E-state index contributed by atoms with van der Waals surface area (Å²) in [4.78, 5) is 13.6. The molecule has 0 aromatic heterocycles. The van der Waals surface area contributed by atoms with Gasteiger partial charge in [-0.3, -0.25) is 9.69 Å². The summed E-state index contributed by atoms with van der Waals surface area (Å²) >= 11 is 0. The van der Waals surface area contributed by atoms with Gasteiger partial charge in [-0.1, -0.05) is 6.58 Å². The van der Waals surface area contributed by atoms with Crippen molar-refractivity contribution in [1.82, 2.24) is 4.90 Å². The Bertz CT molecular complexity index is 233. The molecule has 0 N–H and O–H groups in total. The Kier molecular flexibility index (Phi) is 10.6. The van der Waals surface area contributed by atoms with E-state index in [1.54, 1.807) is 21.1 Å². The summed E-state index contributed by atoms with van der Waals surface area (Å²) in [6.07, 6.45) is 1.79. The second-order valence-electron chi connectivity index (χ2n) is 4.14. The van der Waals surface area contributed by atoms with E-state index in [0.717, 1.165) is 25.9 Å². The number of ether oxygens (including phenoxy) is 3. The molecule has 0 amide bonds. The summed E-state index contributed by atoms with van der Waals surface area (Å²) in [6.45, 7) is 8.49. The molecule has 5 nitrogen and oxygen atoms in total. The Labute approximate surface area is 110 Å². The number of rotatable bonds is 11. The second-order valence-corrected chi connectivity index (χ2v) is 4.14. The van der Waals surface area contributed by atoms with E-state index in [1.165, 1.54) is 0 Å². The predicted octanol–water partition coefficient (Wildman–Crippen LogP) is 1.44. The number of esters is 1. The van der Waals surface area contributed by atoms with Gasteiger partial charge in [-0.15, -0.1) is 0 Å². The highest BCUT2D eigenvalue weighted by Crippen LogP contribution is 1.99. The van der Waals surface area contributed by atoms with Crippen LogP contribution in [0.5, 0.6) is 0 Å². The van der Waals surface area contributed by atoms with Gasteiger partial charge in [0.05, 0.1) is 12.3 Å². The SMILES string of the molecule is C=C(C)OC(=O)CN(CCCOC)CCCOC. The van der Waals surface area contributed by atoms with Crippen LogP contribution in [0.15, 0.2) is 12.3 Å². The summed E-state index contributed by atoms with van der Waals surface area (Å²) in [5, 5.41) is 0. The number of nitrogens with zero attached hydrogens (tertiary/aromatic N) is 1. The molecule has 0 spiro atoms. The average molecular weight is 259 g/mol. The first-order chi connectivity index (χ1) is 8.60. The average Bonchev–Trinajstić information content (AvgIpc) is 2.28. The molecule has 0 aliphatic heterocycles. The number of allylic oxidation sites excluding steroid dienone is 1. The molecule has 0 atom stereocenters. The van der Waals surface area contributed by atoms with Crippen LogP contribution in [-0.2, 0) is 19.0 Å². The van der Waals surface area contributed by atoms with Crippen molar-refractivity contribution in [3.63, 3.8) is 0 Å². The lowest BCUT2D eigenvalue weighted by atomic mass is 10.3. The molecule has 0 heterocycles. The summed E-state index contributed by atoms with van der Waals surface area (Å²) in [7, 11) is 3.34. The minimum atomic E-state index is -0.266. The van der Waals surface area contributed by atoms with Crippen LogP contribution in [0.1, 0.15) is 19.8 Å². The molecule has 0 saturated carbocycles. The molecule has 0 aliphatic carbocycles. The van der Waals surface area contributed by atoms with E-state index in [4.69, 9.17) is 14.2 Å². The summed E-state index contributed by atoms with van der Waals surface area (Å²) in [5.74, 6) is 0.158. The van der Waals surface area contributed by atoms with Gasteiger partial charge in [0.2, 0.25) is 0 Å². The van der Waals surface area contributed by atoms with E-state index >= 15 is 0 Å². The normalized spacial score (nSPS) is 10.7. The van der Waals surface area contributed by atoms with Crippen LogP contribution in [0.3, 0.4) is 0 Å². The molecular formula is C13H25NO4. The van der Waals surface area contributed by atoms with E-state index in [9.17, 15) is 4.79 Å². The smallest absolute Gasteiger partial charge is 0.325 e. The molecule has 0 aromatic carbocycles. The number of carbonyl (C=O) groups is 1. The molecule has 106 valence electrons. The number of methoxy groups -OCH3 is 2. The van der Waals surface area contributed by atoms with Crippen molar-refractivity contribution in [2.75, 3.05) is 47.1 Å². The van der Waals surface area contributed by atoms with Crippen molar-refractivity contribution < 1.29 is 19.0 Å². The van der Waals surface area contributed by atoms with E-state index < -0.39 is 0 Å². The summed E-state index contributed by atoms with van der Waals surface area (Å²) < 4.78 is 15.0. The van der Waals surface area contributed by atoms with Crippen LogP contribution in [0.2, 0.25) is 0 Å². The molecule has 0 aliphatic rings. The Hall–Kier alpha value is -0.910. The highest BCUT2D eigenvalue weighted by Gasteiger charge is 2.11. The molecule has 18 heavy (non-hydrogen) atoms. The minimum absolute atomic E-state index is 0.266. The van der Waals surface area contributed by atoms with E-state index in [-0.39, 0.29) is 12.5 Å². The molecule has 0 radical (unpaired) electrons. The fourth-order valence-electron chi connectivity index (χ4n) is 1.54. The van der Waals surface area contributed by atoms with Crippen LogP contribution in [0, 0.1) is 0 Å². The van der Waals surface area contributed by atoms with Crippen LogP contribution < -0.4 is 0 Å². The predicted molar refractivity (Wildman–Crippen MR) is 70.3 cm³/mol. The quantitative estimate of drug-likeness (QED) is 0.319. The molecule has 0 unspecified atom stereocenters. The minimum Gasteiger partial charge on any atom is -0.431 e. The molecule has 0 bridgehead atoms. The summed E-state index contributed by atoms with van der Waals surface area (Å²) in [6, 6.07) is 0. The van der Waals surface area contributed by atoms with Crippen molar-refractivity contribution >= 4 is 5.97 Å². The van der Waals surface area contributed by atoms with Gasteiger partial charge in [0.25, 0.3) is 0 Å². The topological polar surface area (TPSA) is 48.0 Å². The number of carbonyl (C=O) groups excluding carboxylic acids is 1. The van der Waals surface area contributed by atoms with Crippen molar-refractivity contribution in [2.24, 2.45) is 0 Å². The Morgan fingerprint density at radius 1 is 1.11 bits per heavy atom. The van der Waals surface area contributed by atoms with Crippen molar-refractivity contribution in [3.05, 3.63) is 12.3 Å². The van der Waals surface area contributed by atoms with Crippen LogP contribution in [0.4, 0.5) is 0 Å². The lowest BCUT2D eigenvalue weighted by Gasteiger charge is -2.20. The van der Waals surface area contributed by atoms with Gasteiger partial charge in [0, 0.05) is 40.5 Å². The van der Waals surface area contributed by atoms with E-state index in [2.05, 4.69) is 6.58 Å². The standard InChI is InChI=1S/C13H25NO4/c1-12(2)18-13(15)11-14(7-5-9-16-3)8-6-10-17-4/h1,5-11H2,2-4H3. The monoisotopic (exact) mass is 259 g/mol. The number of hydrogen-bond acceptors (Lipinski definition) is 5. The first-order valence-corrected chi connectivity index (χ1v) is 6.16. The Morgan fingerprint density at radius 2 is 1.61 bits per heavy atom. The fraction of sp³-hybridized carbons (Fsp3) is 0.769. The third-order valence-corrected chi connectivity index (χ3v) is 2.29. The zero-order chi connectivity index (χ0) is 13.8. The lowest BCUT2D eigenvalue weighted by molar-refractivity contribution is -0.140. The van der Waals surface area contributed by atoms with Gasteiger partial charge >= 0.3 is 5.97 Å². The Balaban J connectivity index is 4.01. The molecule has 0 rings (SSSR count). The third kappa shape index (κ3) is 10.3. The van der Waals surface area contributed by atoms with Crippen LogP contribution >= 0.6 is 0 Å². The molecular weight excluding hydrogens is 234 g/mol. The summed E-state index contributed by atoms with van der Waals surface area (Å²) in [5.41, 5.74) is 0. The number of hydrogen-bond donors (Lipinski definition) is 0. The van der Waals surface area contributed by atoms with Gasteiger partial charge in [-0.05, 0) is 19.8 Å². The maximum absolute atomic E-state index is 11.5. The highest BCUT2D eigenvalue weighted by atomic mass is 16.5. The Morgan fingerprint density at radius 3 is 2.00 bits per heavy atom. The second kappa shape index (κ2) is 11.2. The van der Waals surface area contributed by atoms with Gasteiger partial charge in [-0.25, -0.2) is 0 Å². The van der Waals surface area contributed by atoms with Crippen molar-refractivity contribution in [1.29, 1.82) is 0 Å². The van der Waals surface area contributed by atoms with Gasteiger partial charge < -0.3 is 14.2 Å². The zero-order valence-corrected chi connectivity index (χ0v) is 11.7. The highest BCUT2D eigenvalue weighted by molar-refractivity contribution is 5.72. The maximum Gasteiger partial charge on any atom is 0.325 e.